The number of thioether (sulfide) groups is 1. The van der Waals surface area contributed by atoms with Gasteiger partial charge in [-0.3, -0.25) is 14.2 Å². The Balaban J connectivity index is 1.76. The molecule has 0 unspecified atom stereocenters. The fourth-order valence-corrected chi connectivity index (χ4v) is 3.35. The molecule has 0 spiro atoms. The fraction of sp³-hybridized carbons (Fsp3) is 0.118. The summed E-state index contributed by atoms with van der Waals surface area (Å²) in [7, 11) is 1.63. The number of carbonyl (C=O) groups is 1. The van der Waals surface area contributed by atoms with Gasteiger partial charge in [-0.15, -0.1) is 0 Å². The molecule has 0 radical (unpaired) electrons. The van der Waals surface area contributed by atoms with Crippen molar-refractivity contribution < 1.29 is 4.79 Å². The Morgan fingerprint density at radius 1 is 1.24 bits per heavy atom. The standard InChI is InChI=1S/C17H13Cl2N3O2S/c1-22-16(24)11-4-2-3-5-13(11)21-17(22)25-9-15(23)20-14-8-10(18)6-7-12(14)19/h2-8H,9H2,1H3,(H,20,23). The summed E-state index contributed by atoms with van der Waals surface area (Å²) in [5.74, 6) is -0.182. The van der Waals surface area contributed by atoms with E-state index in [0.29, 0.717) is 31.8 Å². The predicted molar refractivity (Wildman–Crippen MR) is 103 cm³/mol. The molecule has 0 aliphatic rings. The normalized spacial score (nSPS) is 10.8. The van der Waals surface area contributed by atoms with Gasteiger partial charge >= 0.3 is 0 Å². The number of nitrogens with one attached hydrogen (secondary N) is 1. The minimum atomic E-state index is -0.267. The van der Waals surface area contributed by atoms with Gasteiger partial charge in [0, 0.05) is 12.1 Å². The van der Waals surface area contributed by atoms with Crippen molar-refractivity contribution in [2.24, 2.45) is 7.05 Å². The van der Waals surface area contributed by atoms with E-state index in [9.17, 15) is 9.59 Å². The molecule has 25 heavy (non-hydrogen) atoms. The van der Waals surface area contributed by atoms with E-state index in [1.807, 2.05) is 6.07 Å². The molecule has 3 aromatic rings. The first-order valence-electron chi connectivity index (χ1n) is 7.29. The molecular weight excluding hydrogens is 381 g/mol. The van der Waals surface area contributed by atoms with Crippen LogP contribution in [-0.2, 0) is 11.8 Å². The molecule has 2 aromatic carbocycles. The molecule has 0 atom stereocenters. The van der Waals surface area contributed by atoms with Crippen LogP contribution in [0, 0.1) is 0 Å². The third-order valence-corrected chi connectivity index (χ3v) is 5.07. The molecule has 0 aliphatic heterocycles. The van der Waals surface area contributed by atoms with Crippen LogP contribution in [-0.4, -0.2) is 21.2 Å². The van der Waals surface area contributed by atoms with Crippen LogP contribution in [0.3, 0.4) is 0 Å². The lowest BCUT2D eigenvalue weighted by atomic mass is 10.2. The maximum Gasteiger partial charge on any atom is 0.261 e. The number of benzene rings is 2. The van der Waals surface area contributed by atoms with Gasteiger partial charge in [0.2, 0.25) is 5.91 Å². The Kier molecular flexibility index (Phi) is 5.32. The highest BCUT2D eigenvalue weighted by molar-refractivity contribution is 7.99. The second kappa shape index (κ2) is 7.47. The Morgan fingerprint density at radius 2 is 2.00 bits per heavy atom. The molecule has 0 bridgehead atoms. The first-order valence-corrected chi connectivity index (χ1v) is 9.03. The van der Waals surface area contributed by atoms with E-state index in [-0.39, 0.29) is 17.2 Å². The second-order valence-electron chi connectivity index (χ2n) is 5.24. The maximum absolute atomic E-state index is 12.3. The number of hydrogen-bond donors (Lipinski definition) is 1. The van der Waals surface area contributed by atoms with Gasteiger partial charge in [-0.25, -0.2) is 4.98 Å². The number of carbonyl (C=O) groups excluding carboxylic acids is 1. The molecule has 1 N–H and O–H groups in total. The summed E-state index contributed by atoms with van der Waals surface area (Å²) in [6, 6.07) is 11.9. The van der Waals surface area contributed by atoms with Crippen LogP contribution in [0.2, 0.25) is 10.0 Å². The Bertz CT molecular complexity index is 1020. The Morgan fingerprint density at radius 3 is 2.80 bits per heavy atom. The number of aromatic nitrogens is 2. The third kappa shape index (κ3) is 3.98. The Hall–Kier alpha value is -2.02. The number of halogens is 2. The number of amides is 1. The van der Waals surface area contributed by atoms with Crippen molar-refractivity contribution in [2.45, 2.75) is 5.16 Å². The van der Waals surface area contributed by atoms with Crippen molar-refractivity contribution in [3.63, 3.8) is 0 Å². The van der Waals surface area contributed by atoms with E-state index in [1.165, 1.54) is 16.3 Å². The van der Waals surface area contributed by atoms with Gasteiger partial charge in [0.1, 0.15) is 0 Å². The van der Waals surface area contributed by atoms with Crippen LogP contribution in [0.1, 0.15) is 0 Å². The summed E-state index contributed by atoms with van der Waals surface area (Å²) < 4.78 is 1.44. The van der Waals surface area contributed by atoms with Crippen molar-refractivity contribution >= 4 is 57.5 Å². The largest absolute Gasteiger partial charge is 0.324 e. The van der Waals surface area contributed by atoms with Crippen LogP contribution in [0.5, 0.6) is 0 Å². The fourth-order valence-electron chi connectivity index (χ4n) is 2.24. The molecule has 8 heteroatoms. The lowest BCUT2D eigenvalue weighted by Crippen LogP contribution is -2.21. The van der Waals surface area contributed by atoms with E-state index in [2.05, 4.69) is 10.3 Å². The molecule has 0 aliphatic carbocycles. The molecule has 0 fully saturated rings. The van der Waals surface area contributed by atoms with Crippen molar-refractivity contribution in [3.8, 4) is 0 Å². The van der Waals surface area contributed by atoms with E-state index in [4.69, 9.17) is 23.2 Å². The number of nitrogens with zero attached hydrogens (tertiary/aromatic N) is 2. The quantitative estimate of drug-likeness (QED) is 0.537. The molecule has 1 amide bonds. The summed E-state index contributed by atoms with van der Waals surface area (Å²) in [6.07, 6.45) is 0. The van der Waals surface area contributed by atoms with E-state index in [1.54, 1.807) is 43.4 Å². The highest BCUT2D eigenvalue weighted by atomic mass is 35.5. The van der Waals surface area contributed by atoms with Crippen molar-refractivity contribution in [3.05, 3.63) is 62.9 Å². The third-order valence-electron chi connectivity index (χ3n) is 3.48. The molecule has 128 valence electrons. The zero-order valence-electron chi connectivity index (χ0n) is 13.1. The number of rotatable bonds is 4. The average molecular weight is 394 g/mol. The predicted octanol–water partition coefficient (Wildman–Crippen LogP) is 3.97. The molecule has 0 saturated carbocycles. The molecule has 5 nitrogen and oxygen atoms in total. The van der Waals surface area contributed by atoms with Gasteiger partial charge in [-0.05, 0) is 30.3 Å². The Labute approximate surface area is 158 Å². The zero-order valence-corrected chi connectivity index (χ0v) is 15.5. The molecule has 3 rings (SSSR count). The van der Waals surface area contributed by atoms with Crippen LogP contribution in [0.15, 0.2) is 52.4 Å². The zero-order chi connectivity index (χ0) is 18.0. The lowest BCUT2D eigenvalue weighted by molar-refractivity contribution is -0.113. The summed E-state index contributed by atoms with van der Waals surface area (Å²) in [6.45, 7) is 0. The van der Waals surface area contributed by atoms with Gasteiger partial charge in [0.25, 0.3) is 5.56 Å². The van der Waals surface area contributed by atoms with E-state index >= 15 is 0 Å². The number of para-hydroxylation sites is 1. The first-order chi connectivity index (χ1) is 12.0. The van der Waals surface area contributed by atoms with Crippen LogP contribution in [0.25, 0.3) is 10.9 Å². The van der Waals surface area contributed by atoms with Gasteiger partial charge in [0.15, 0.2) is 5.16 Å². The van der Waals surface area contributed by atoms with Gasteiger partial charge in [0.05, 0.1) is 27.4 Å². The summed E-state index contributed by atoms with van der Waals surface area (Å²) in [5.41, 5.74) is 0.901. The second-order valence-corrected chi connectivity index (χ2v) is 7.02. The maximum atomic E-state index is 12.3. The van der Waals surface area contributed by atoms with Gasteiger partial charge in [-0.1, -0.05) is 47.1 Å². The SMILES string of the molecule is Cn1c(SCC(=O)Nc2cc(Cl)ccc2Cl)nc2ccccc2c1=O. The van der Waals surface area contributed by atoms with Crippen LogP contribution >= 0.6 is 35.0 Å². The van der Waals surface area contributed by atoms with Crippen molar-refractivity contribution in [1.82, 2.24) is 9.55 Å². The van der Waals surface area contributed by atoms with E-state index in [0.717, 1.165) is 0 Å². The van der Waals surface area contributed by atoms with Crippen molar-refractivity contribution in [2.75, 3.05) is 11.1 Å². The van der Waals surface area contributed by atoms with E-state index < -0.39 is 0 Å². The van der Waals surface area contributed by atoms with Crippen molar-refractivity contribution in [1.29, 1.82) is 0 Å². The summed E-state index contributed by atoms with van der Waals surface area (Å²) in [4.78, 5) is 28.9. The molecule has 0 saturated heterocycles. The topological polar surface area (TPSA) is 64.0 Å². The molecule has 1 heterocycles. The highest BCUT2D eigenvalue weighted by Gasteiger charge is 2.12. The molecule has 1 aromatic heterocycles. The van der Waals surface area contributed by atoms with Gasteiger partial charge in [-0.2, -0.15) is 0 Å². The number of anilines is 1. The van der Waals surface area contributed by atoms with Crippen LogP contribution < -0.4 is 10.9 Å². The minimum Gasteiger partial charge on any atom is -0.324 e. The minimum absolute atomic E-state index is 0.0848. The summed E-state index contributed by atoms with van der Waals surface area (Å²) >= 11 is 13.1. The smallest absolute Gasteiger partial charge is 0.261 e. The lowest BCUT2D eigenvalue weighted by Gasteiger charge is -2.10. The molecular formula is C17H13Cl2N3O2S. The monoisotopic (exact) mass is 393 g/mol. The summed E-state index contributed by atoms with van der Waals surface area (Å²) in [5, 5.41) is 4.60. The first kappa shape index (κ1) is 17.8. The average Bonchev–Trinajstić information content (AvgIpc) is 2.60. The number of hydrogen-bond acceptors (Lipinski definition) is 4. The number of fused-ring (bicyclic) bond motifs is 1. The van der Waals surface area contributed by atoms with Gasteiger partial charge < -0.3 is 5.32 Å². The van der Waals surface area contributed by atoms with Crippen LogP contribution in [0.4, 0.5) is 5.69 Å². The highest BCUT2D eigenvalue weighted by Crippen LogP contribution is 2.26.